The molecular weight excluding hydrogens is 338 g/mol. The molecule has 0 bridgehead atoms. The maximum Gasteiger partial charge on any atom is 0.407 e. The summed E-state index contributed by atoms with van der Waals surface area (Å²) in [6, 6.07) is 9.56. The van der Waals surface area contributed by atoms with Gasteiger partial charge < -0.3 is 25.8 Å². The number of rotatable bonds is 7. The second-order valence-electron chi connectivity index (χ2n) is 6.45. The number of thiophene rings is 1. The first-order chi connectivity index (χ1) is 11.8. The Labute approximate surface area is 152 Å². The molecule has 0 saturated heterocycles. The summed E-state index contributed by atoms with van der Waals surface area (Å²) in [7, 11) is 0. The fourth-order valence-corrected chi connectivity index (χ4v) is 2.72. The zero-order chi connectivity index (χ0) is 18.3. The molecule has 0 aliphatic rings. The summed E-state index contributed by atoms with van der Waals surface area (Å²) >= 11 is 1.63. The molecule has 0 fully saturated rings. The number of nitrogens with two attached hydrogens (primary N) is 1. The minimum atomic E-state index is -0.498. The van der Waals surface area contributed by atoms with E-state index in [-0.39, 0.29) is 0 Å². The molecule has 1 aromatic heterocycles. The highest BCUT2D eigenvalue weighted by Gasteiger charge is 2.15. The van der Waals surface area contributed by atoms with Crippen molar-refractivity contribution in [1.29, 1.82) is 0 Å². The van der Waals surface area contributed by atoms with Gasteiger partial charge in [-0.2, -0.15) is 0 Å². The van der Waals surface area contributed by atoms with E-state index in [0.29, 0.717) is 19.7 Å². The van der Waals surface area contributed by atoms with E-state index in [4.69, 9.17) is 15.2 Å². The van der Waals surface area contributed by atoms with Gasteiger partial charge in [-0.25, -0.2) is 4.79 Å². The van der Waals surface area contributed by atoms with Crippen LogP contribution in [0.25, 0.3) is 0 Å². The molecule has 0 radical (unpaired) electrons. The SMILES string of the molecule is CC(C)(C)OC(=O)NCCOc1ccc(NCc2sccc2N)cc1. The lowest BCUT2D eigenvalue weighted by Gasteiger charge is -2.19. The molecule has 1 aromatic carbocycles. The summed E-state index contributed by atoms with van der Waals surface area (Å²) in [5.74, 6) is 0.743. The number of anilines is 2. The molecule has 0 spiro atoms. The van der Waals surface area contributed by atoms with Crippen molar-refractivity contribution in [2.45, 2.75) is 32.9 Å². The quantitative estimate of drug-likeness (QED) is 0.651. The Hall–Kier alpha value is -2.41. The topological polar surface area (TPSA) is 85.6 Å². The van der Waals surface area contributed by atoms with Gasteiger partial charge in [-0.05, 0) is 56.5 Å². The number of amides is 1. The van der Waals surface area contributed by atoms with Gasteiger partial charge in [0.25, 0.3) is 0 Å². The maximum atomic E-state index is 11.5. The van der Waals surface area contributed by atoms with E-state index in [2.05, 4.69) is 10.6 Å². The first-order valence-electron chi connectivity index (χ1n) is 8.09. The Kier molecular flexibility index (Phi) is 6.52. The second-order valence-corrected chi connectivity index (χ2v) is 7.45. The molecule has 7 heteroatoms. The van der Waals surface area contributed by atoms with Crippen LogP contribution in [0.2, 0.25) is 0 Å². The van der Waals surface area contributed by atoms with Crippen LogP contribution in [-0.2, 0) is 11.3 Å². The Morgan fingerprint density at radius 3 is 2.52 bits per heavy atom. The molecule has 0 aliphatic heterocycles. The summed E-state index contributed by atoms with van der Waals surface area (Å²) in [6.45, 7) is 6.93. The predicted molar refractivity (Wildman–Crippen MR) is 102 cm³/mol. The zero-order valence-corrected chi connectivity index (χ0v) is 15.6. The molecule has 1 amide bonds. The van der Waals surface area contributed by atoms with E-state index >= 15 is 0 Å². The lowest BCUT2D eigenvalue weighted by Crippen LogP contribution is -2.34. The van der Waals surface area contributed by atoms with Crippen LogP contribution in [0.5, 0.6) is 5.75 Å². The van der Waals surface area contributed by atoms with Crippen molar-refractivity contribution in [1.82, 2.24) is 5.32 Å². The van der Waals surface area contributed by atoms with E-state index in [1.165, 1.54) is 0 Å². The van der Waals surface area contributed by atoms with Gasteiger partial charge in [-0.3, -0.25) is 0 Å². The Morgan fingerprint density at radius 1 is 1.20 bits per heavy atom. The molecule has 2 rings (SSSR count). The predicted octanol–water partition coefficient (Wildman–Crippen LogP) is 3.85. The fourth-order valence-electron chi connectivity index (χ4n) is 1.98. The summed E-state index contributed by atoms with van der Waals surface area (Å²) in [5.41, 5.74) is 7.17. The van der Waals surface area contributed by atoms with E-state index in [0.717, 1.165) is 22.0 Å². The number of nitrogen functional groups attached to an aromatic ring is 1. The number of carbonyl (C=O) groups excluding carboxylic acids is 1. The van der Waals surface area contributed by atoms with Crippen LogP contribution >= 0.6 is 11.3 Å². The van der Waals surface area contributed by atoms with Crippen LogP contribution in [0.1, 0.15) is 25.6 Å². The Bertz CT molecular complexity index is 678. The third kappa shape index (κ3) is 6.93. The fraction of sp³-hybridized carbons (Fsp3) is 0.389. The Morgan fingerprint density at radius 2 is 1.92 bits per heavy atom. The molecule has 6 nitrogen and oxygen atoms in total. The molecule has 136 valence electrons. The van der Waals surface area contributed by atoms with Crippen molar-refractivity contribution in [2.75, 3.05) is 24.2 Å². The minimum Gasteiger partial charge on any atom is -0.492 e. The smallest absolute Gasteiger partial charge is 0.407 e. The molecule has 0 aliphatic carbocycles. The van der Waals surface area contributed by atoms with Crippen LogP contribution in [0.15, 0.2) is 35.7 Å². The van der Waals surface area contributed by atoms with Crippen molar-refractivity contribution < 1.29 is 14.3 Å². The highest BCUT2D eigenvalue weighted by molar-refractivity contribution is 7.10. The van der Waals surface area contributed by atoms with Crippen molar-refractivity contribution in [2.24, 2.45) is 0 Å². The number of carbonyl (C=O) groups is 1. The van der Waals surface area contributed by atoms with E-state index in [9.17, 15) is 4.79 Å². The summed E-state index contributed by atoms with van der Waals surface area (Å²) in [6.07, 6.45) is -0.441. The van der Waals surface area contributed by atoms with Crippen LogP contribution in [0.4, 0.5) is 16.2 Å². The first kappa shape index (κ1) is 18.9. The van der Waals surface area contributed by atoms with E-state index in [1.54, 1.807) is 11.3 Å². The Balaban J connectivity index is 1.68. The van der Waals surface area contributed by atoms with Gasteiger partial charge in [-0.15, -0.1) is 11.3 Å². The van der Waals surface area contributed by atoms with Gasteiger partial charge in [0.2, 0.25) is 0 Å². The molecule has 4 N–H and O–H groups in total. The van der Waals surface area contributed by atoms with Gasteiger partial charge in [0, 0.05) is 16.3 Å². The maximum absolute atomic E-state index is 11.5. The van der Waals surface area contributed by atoms with Crippen molar-refractivity contribution in [3.63, 3.8) is 0 Å². The van der Waals surface area contributed by atoms with Gasteiger partial charge in [0.1, 0.15) is 18.0 Å². The number of benzene rings is 1. The van der Waals surface area contributed by atoms with E-state index < -0.39 is 11.7 Å². The number of ether oxygens (including phenoxy) is 2. The highest BCUT2D eigenvalue weighted by Crippen LogP contribution is 2.21. The van der Waals surface area contributed by atoms with Crippen molar-refractivity contribution in [3.05, 3.63) is 40.6 Å². The third-order valence-electron chi connectivity index (χ3n) is 3.13. The van der Waals surface area contributed by atoms with E-state index in [1.807, 2.05) is 56.5 Å². The third-order valence-corrected chi connectivity index (χ3v) is 4.06. The van der Waals surface area contributed by atoms with Gasteiger partial charge >= 0.3 is 6.09 Å². The lowest BCUT2D eigenvalue weighted by atomic mass is 10.2. The van der Waals surface area contributed by atoms with Crippen LogP contribution in [0, 0.1) is 0 Å². The molecule has 0 atom stereocenters. The average molecular weight is 363 g/mol. The molecule has 0 unspecified atom stereocenters. The minimum absolute atomic E-state index is 0.373. The molecule has 1 heterocycles. The van der Waals surface area contributed by atoms with Crippen molar-refractivity contribution in [3.8, 4) is 5.75 Å². The summed E-state index contributed by atoms with van der Waals surface area (Å²) in [5, 5.41) is 7.95. The largest absolute Gasteiger partial charge is 0.492 e. The molecular formula is C18H25N3O3S. The standard InChI is InChI=1S/C18H25N3O3S/c1-18(2,3)24-17(22)20-9-10-23-14-6-4-13(5-7-14)21-12-16-15(19)8-11-25-16/h4-8,11,21H,9-10,12,19H2,1-3H3,(H,20,22). The van der Waals surface area contributed by atoms with Crippen LogP contribution in [0.3, 0.4) is 0 Å². The number of hydrogen-bond donors (Lipinski definition) is 3. The number of alkyl carbamates (subject to hydrolysis) is 1. The lowest BCUT2D eigenvalue weighted by molar-refractivity contribution is 0.0520. The van der Waals surface area contributed by atoms with Gasteiger partial charge in [0.15, 0.2) is 0 Å². The molecule has 0 saturated carbocycles. The van der Waals surface area contributed by atoms with Crippen LogP contribution in [-0.4, -0.2) is 24.8 Å². The normalized spacial score (nSPS) is 11.0. The number of hydrogen-bond acceptors (Lipinski definition) is 6. The molecule has 2 aromatic rings. The van der Waals surface area contributed by atoms with Crippen molar-refractivity contribution >= 4 is 28.8 Å². The highest BCUT2D eigenvalue weighted by atomic mass is 32.1. The first-order valence-corrected chi connectivity index (χ1v) is 8.97. The summed E-state index contributed by atoms with van der Waals surface area (Å²) in [4.78, 5) is 12.6. The molecule has 25 heavy (non-hydrogen) atoms. The van der Waals surface area contributed by atoms with Gasteiger partial charge in [-0.1, -0.05) is 0 Å². The summed E-state index contributed by atoms with van der Waals surface area (Å²) < 4.78 is 10.7. The van der Waals surface area contributed by atoms with Crippen LogP contribution < -0.4 is 21.1 Å². The number of nitrogens with one attached hydrogen (secondary N) is 2. The second kappa shape index (κ2) is 8.62. The van der Waals surface area contributed by atoms with Gasteiger partial charge in [0.05, 0.1) is 13.1 Å². The zero-order valence-electron chi connectivity index (χ0n) is 14.8. The monoisotopic (exact) mass is 363 g/mol. The average Bonchev–Trinajstić information content (AvgIpc) is 2.94.